The van der Waals surface area contributed by atoms with Crippen molar-refractivity contribution in [3.05, 3.63) is 58.7 Å². The Morgan fingerprint density at radius 3 is 1.60 bits per heavy atom. The van der Waals surface area contributed by atoms with Crippen molar-refractivity contribution in [2.24, 2.45) is 0 Å². The maximum atomic E-state index is 2.40. The molecule has 0 N–H and O–H groups in total. The summed E-state index contributed by atoms with van der Waals surface area (Å²) >= 11 is 0. The first-order valence-electron chi connectivity index (χ1n) is 7.28. The smallest absolute Gasteiger partial charge is 0.285 e. The number of aryl methyl sites for hydroxylation is 4. The summed E-state index contributed by atoms with van der Waals surface area (Å²) in [5.41, 5.74) is 8.21. The lowest BCUT2D eigenvalue weighted by atomic mass is 9.54. The first-order valence-corrected chi connectivity index (χ1v) is 7.28. The van der Waals surface area contributed by atoms with Crippen LogP contribution < -0.4 is 10.3 Å². The van der Waals surface area contributed by atoms with Crippen molar-refractivity contribution in [3.8, 4) is 0 Å². The molecule has 0 saturated heterocycles. The summed E-state index contributed by atoms with van der Waals surface area (Å²) in [5, 5.41) is 0. The van der Waals surface area contributed by atoms with Gasteiger partial charge < -0.3 is 4.81 Å². The molecule has 1 nitrogen and oxygen atoms in total. The Morgan fingerprint density at radius 2 is 1.15 bits per heavy atom. The molecule has 0 heterocycles. The van der Waals surface area contributed by atoms with Crippen LogP contribution in [0.5, 0.6) is 0 Å². The second-order valence-electron chi connectivity index (χ2n) is 5.83. The van der Waals surface area contributed by atoms with E-state index in [1.54, 1.807) is 0 Å². The molecule has 2 heteroatoms. The molecule has 2 aromatic rings. The lowest BCUT2D eigenvalue weighted by Gasteiger charge is -2.30. The molecule has 0 aliphatic carbocycles. The first-order chi connectivity index (χ1) is 9.43. The average Bonchev–Trinajstić information content (AvgIpc) is 2.37. The molecule has 0 spiro atoms. The highest BCUT2D eigenvalue weighted by Gasteiger charge is 2.22. The van der Waals surface area contributed by atoms with Gasteiger partial charge in [-0.25, -0.2) is 0 Å². The van der Waals surface area contributed by atoms with E-state index < -0.39 is 0 Å². The van der Waals surface area contributed by atoms with Gasteiger partial charge in [-0.1, -0.05) is 59.8 Å². The van der Waals surface area contributed by atoms with Gasteiger partial charge in [0.1, 0.15) is 0 Å². The molecule has 0 bridgehead atoms. The maximum Gasteiger partial charge on any atom is 0.285 e. The van der Waals surface area contributed by atoms with Crippen LogP contribution >= 0.6 is 0 Å². The Morgan fingerprint density at radius 1 is 0.750 bits per heavy atom. The zero-order valence-electron chi connectivity index (χ0n) is 13.5. The molecular weight excluding hydrogens is 241 g/mol. The SMILES string of the molecule is CB(c1c(C)cccc1C)N(C)c1c(C)cccc1C. The second-order valence-corrected chi connectivity index (χ2v) is 5.83. The van der Waals surface area contributed by atoms with Crippen molar-refractivity contribution >= 4 is 18.0 Å². The van der Waals surface area contributed by atoms with Crippen LogP contribution in [0, 0.1) is 27.7 Å². The summed E-state index contributed by atoms with van der Waals surface area (Å²) in [7, 11) is 2.20. The minimum Gasteiger partial charge on any atom is -0.413 e. The van der Waals surface area contributed by atoms with Gasteiger partial charge in [-0.05, 0) is 45.9 Å². The van der Waals surface area contributed by atoms with E-state index in [1.165, 1.54) is 33.4 Å². The molecule has 0 atom stereocenters. The lowest BCUT2D eigenvalue weighted by Crippen LogP contribution is -2.46. The fourth-order valence-corrected chi connectivity index (χ4v) is 3.24. The van der Waals surface area contributed by atoms with Gasteiger partial charge in [0.2, 0.25) is 0 Å². The lowest BCUT2D eigenvalue weighted by molar-refractivity contribution is 1.22. The van der Waals surface area contributed by atoms with Crippen LogP contribution in [-0.4, -0.2) is 13.9 Å². The van der Waals surface area contributed by atoms with E-state index in [0.29, 0.717) is 6.85 Å². The van der Waals surface area contributed by atoms with Crippen molar-refractivity contribution in [1.29, 1.82) is 0 Å². The third-order valence-corrected chi connectivity index (χ3v) is 4.33. The Bertz CT molecular complexity index is 523. The fourth-order valence-electron chi connectivity index (χ4n) is 3.24. The molecule has 0 radical (unpaired) electrons. The maximum absolute atomic E-state index is 2.40. The Hall–Kier alpha value is -1.70. The molecular formula is C18H24BN. The largest absolute Gasteiger partial charge is 0.413 e. The van der Waals surface area contributed by atoms with Gasteiger partial charge in [0.15, 0.2) is 0 Å². The summed E-state index contributed by atoms with van der Waals surface area (Å²) in [6, 6.07) is 13.1. The van der Waals surface area contributed by atoms with Gasteiger partial charge in [0.05, 0.1) is 0 Å². The van der Waals surface area contributed by atoms with Crippen molar-refractivity contribution < 1.29 is 0 Å². The summed E-state index contributed by atoms with van der Waals surface area (Å²) < 4.78 is 0. The number of para-hydroxylation sites is 1. The third-order valence-electron chi connectivity index (χ3n) is 4.33. The standard InChI is InChI=1S/C18H24BN/c1-13-9-7-10-14(2)17(13)19(5)20(6)18-15(3)11-8-12-16(18)4/h7-12H,1-6H3. The van der Waals surface area contributed by atoms with E-state index in [-0.39, 0.29) is 0 Å². The topological polar surface area (TPSA) is 3.24 Å². The van der Waals surface area contributed by atoms with Crippen LogP contribution in [0.15, 0.2) is 36.4 Å². The number of hydrogen-bond acceptors (Lipinski definition) is 1. The van der Waals surface area contributed by atoms with Crippen LogP contribution in [0.2, 0.25) is 6.82 Å². The van der Waals surface area contributed by atoms with E-state index in [4.69, 9.17) is 0 Å². The van der Waals surface area contributed by atoms with Gasteiger partial charge in [-0.3, -0.25) is 0 Å². The molecule has 104 valence electrons. The minimum absolute atomic E-state index is 0.371. The minimum atomic E-state index is 0.371. The van der Waals surface area contributed by atoms with E-state index in [0.717, 1.165) is 0 Å². The van der Waals surface area contributed by atoms with E-state index in [2.05, 4.69) is 82.8 Å². The monoisotopic (exact) mass is 265 g/mol. The van der Waals surface area contributed by atoms with Gasteiger partial charge in [-0.15, -0.1) is 0 Å². The Balaban J connectivity index is 2.46. The van der Waals surface area contributed by atoms with Crippen molar-refractivity contribution in [1.82, 2.24) is 0 Å². The summed E-state index contributed by atoms with van der Waals surface area (Å²) in [6.07, 6.45) is 0. The number of hydrogen-bond donors (Lipinski definition) is 0. The quantitative estimate of drug-likeness (QED) is 0.761. The Labute approximate surface area is 123 Å². The molecule has 0 aromatic heterocycles. The summed E-state index contributed by atoms with van der Waals surface area (Å²) in [6.45, 7) is 11.5. The van der Waals surface area contributed by atoms with Crippen LogP contribution in [-0.2, 0) is 0 Å². The zero-order chi connectivity index (χ0) is 14.9. The molecule has 0 aliphatic heterocycles. The fraction of sp³-hybridized carbons (Fsp3) is 0.333. The normalized spacial score (nSPS) is 10.5. The molecule has 0 aliphatic rings. The zero-order valence-corrected chi connectivity index (χ0v) is 13.5. The average molecular weight is 265 g/mol. The van der Waals surface area contributed by atoms with E-state index in [9.17, 15) is 0 Å². The van der Waals surface area contributed by atoms with Crippen molar-refractivity contribution in [3.63, 3.8) is 0 Å². The van der Waals surface area contributed by atoms with Crippen molar-refractivity contribution in [2.75, 3.05) is 11.9 Å². The molecule has 0 unspecified atom stereocenters. The molecule has 0 fully saturated rings. The van der Waals surface area contributed by atoms with Gasteiger partial charge in [0, 0.05) is 5.69 Å². The summed E-state index contributed by atoms with van der Waals surface area (Å²) in [5.74, 6) is 0. The van der Waals surface area contributed by atoms with E-state index >= 15 is 0 Å². The molecule has 0 amide bonds. The van der Waals surface area contributed by atoms with Crippen LogP contribution in [0.3, 0.4) is 0 Å². The predicted molar refractivity (Wildman–Crippen MR) is 91.5 cm³/mol. The number of rotatable bonds is 3. The molecule has 2 rings (SSSR count). The van der Waals surface area contributed by atoms with Gasteiger partial charge >= 0.3 is 0 Å². The highest BCUT2D eigenvalue weighted by atomic mass is 15.0. The van der Waals surface area contributed by atoms with Crippen molar-refractivity contribution in [2.45, 2.75) is 34.5 Å². The highest BCUT2D eigenvalue weighted by molar-refractivity contribution is 6.76. The van der Waals surface area contributed by atoms with Gasteiger partial charge in [-0.2, -0.15) is 0 Å². The van der Waals surface area contributed by atoms with Crippen LogP contribution in [0.1, 0.15) is 22.3 Å². The first kappa shape index (κ1) is 14.7. The number of benzene rings is 2. The second kappa shape index (κ2) is 5.74. The highest BCUT2D eigenvalue weighted by Crippen LogP contribution is 2.24. The van der Waals surface area contributed by atoms with Gasteiger partial charge in [0.25, 0.3) is 6.85 Å². The summed E-state index contributed by atoms with van der Waals surface area (Å²) in [4.78, 5) is 2.40. The third kappa shape index (κ3) is 2.60. The molecule has 2 aromatic carbocycles. The van der Waals surface area contributed by atoms with Crippen LogP contribution in [0.4, 0.5) is 5.69 Å². The van der Waals surface area contributed by atoms with E-state index in [1.807, 2.05) is 0 Å². The molecule has 20 heavy (non-hydrogen) atoms. The molecule has 0 saturated carbocycles. The van der Waals surface area contributed by atoms with Crippen LogP contribution in [0.25, 0.3) is 0 Å². The predicted octanol–water partition coefficient (Wildman–Crippen LogP) is 3.88. The number of nitrogens with zero attached hydrogens (tertiary/aromatic N) is 1. The number of anilines is 1. The Kier molecular flexibility index (Phi) is 4.22.